The van der Waals surface area contributed by atoms with E-state index in [-0.39, 0.29) is 0 Å². The Labute approximate surface area is 136 Å². The van der Waals surface area contributed by atoms with Crippen LogP contribution in [-0.4, -0.2) is 62.1 Å². The Kier molecular flexibility index (Phi) is 5.40. The minimum absolute atomic E-state index is 0.394. The number of hydrogen-bond acceptors (Lipinski definition) is 6. The first-order valence-electron chi connectivity index (χ1n) is 8.60. The molecule has 1 saturated heterocycles. The number of anilines is 1. The standard InChI is InChI=1S/C16H26N6O/c1-2-13-9-15(16-19-18-12-22(16)20-13)17-10-14(23)11-21-7-5-3-4-6-8-21/h9,12,14,17,23H,2-8,10-11H2,1H3. The van der Waals surface area contributed by atoms with Crippen molar-refractivity contribution in [3.8, 4) is 0 Å². The first-order valence-corrected chi connectivity index (χ1v) is 8.60. The second-order valence-corrected chi connectivity index (χ2v) is 6.25. The summed E-state index contributed by atoms with van der Waals surface area (Å²) in [5, 5.41) is 26.1. The summed E-state index contributed by atoms with van der Waals surface area (Å²) in [4.78, 5) is 2.37. The third-order valence-electron chi connectivity index (χ3n) is 4.38. The lowest BCUT2D eigenvalue weighted by Gasteiger charge is -2.23. The van der Waals surface area contributed by atoms with Gasteiger partial charge in [-0.3, -0.25) is 0 Å². The van der Waals surface area contributed by atoms with E-state index >= 15 is 0 Å². The van der Waals surface area contributed by atoms with E-state index in [0.717, 1.165) is 37.4 Å². The molecule has 3 rings (SSSR count). The number of rotatable bonds is 6. The lowest BCUT2D eigenvalue weighted by atomic mass is 10.2. The number of fused-ring (bicyclic) bond motifs is 1. The van der Waals surface area contributed by atoms with Gasteiger partial charge < -0.3 is 15.3 Å². The van der Waals surface area contributed by atoms with E-state index in [0.29, 0.717) is 12.2 Å². The second kappa shape index (κ2) is 7.70. The minimum atomic E-state index is -0.394. The van der Waals surface area contributed by atoms with Crippen LogP contribution >= 0.6 is 0 Å². The lowest BCUT2D eigenvalue weighted by Crippen LogP contribution is -2.36. The molecule has 0 saturated carbocycles. The van der Waals surface area contributed by atoms with Gasteiger partial charge in [0, 0.05) is 13.1 Å². The van der Waals surface area contributed by atoms with Crippen molar-refractivity contribution in [3.05, 3.63) is 18.1 Å². The lowest BCUT2D eigenvalue weighted by molar-refractivity contribution is 0.124. The van der Waals surface area contributed by atoms with Crippen LogP contribution in [0.3, 0.4) is 0 Å². The van der Waals surface area contributed by atoms with Crippen LogP contribution in [0.15, 0.2) is 12.4 Å². The summed E-state index contributed by atoms with van der Waals surface area (Å²) in [5.74, 6) is 0. The maximum absolute atomic E-state index is 10.3. The predicted octanol–water partition coefficient (Wildman–Crippen LogP) is 1.34. The average molecular weight is 318 g/mol. The fourth-order valence-electron chi connectivity index (χ4n) is 3.09. The van der Waals surface area contributed by atoms with Gasteiger partial charge in [0.1, 0.15) is 6.33 Å². The van der Waals surface area contributed by atoms with Crippen molar-refractivity contribution in [3.63, 3.8) is 0 Å². The fourth-order valence-corrected chi connectivity index (χ4v) is 3.09. The van der Waals surface area contributed by atoms with Gasteiger partial charge in [-0.1, -0.05) is 19.8 Å². The molecule has 0 amide bonds. The smallest absolute Gasteiger partial charge is 0.200 e. The number of β-amino-alcohol motifs (C(OH)–C–C–N with tert-alkyl or cyclic N) is 1. The summed E-state index contributed by atoms with van der Waals surface area (Å²) < 4.78 is 1.68. The van der Waals surface area contributed by atoms with Crippen LogP contribution in [0.25, 0.3) is 5.65 Å². The Morgan fingerprint density at radius 2 is 2.04 bits per heavy atom. The van der Waals surface area contributed by atoms with Gasteiger partial charge in [-0.2, -0.15) is 9.61 Å². The normalized spacial score (nSPS) is 18.0. The van der Waals surface area contributed by atoms with Gasteiger partial charge in [0.2, 0.25) is 5.65 Å². The van der Waals surface area contributed by atoms with Crippen molar-refractivity contribution in [2.45, 2.75) is 45.1 Å². The predicted molar refractivity (Wildman–Crippen MR) is 89.6 cm³/mol. The summed E-state index contributed by atoms with van der Waals surface area (Å²) in [6.07, 6.45) is 7.16. The molecular weight excluding hydrogens is 292 g/mol. The Morgan fingerprint density at radius 1 is 1.26 bits per heavy atom. The highest BCUT2D eigenvalue weighted by Gasteiger charge is 2.15. The van der Waals surface area contributed by atoms with E-state index in [1.54, 1.807) is 10.8 Å². The zero-order valence-electron chi connectivity index (χ0n) is 13.8. The van der Waals surface area contributed by atoms with Crippen molar-refractivity contribution < 1.29 is 5.11 Å². The number of aromatic nitrogens is 4. The third kappa shape index (κ3) is 4.17. The van der Waals surface area contributed by atoms with Crippen LogP contribution in [0, 0.1) is 0 Å². The maximum Gasteiger partial charge on any atom is 0.200 e. The Balaban J connectivity index is 1.60. The van der Waals surface area contributed by atoms with Crippen LogP contribution < -0.4 is 5.32 Å². The van der Waals surface area contributed by atoms with Gasteiger partial charge in [0.25, 0.3) is 0 Å². The first kappa shape index (κ1) is 16.1. The topological polar surface area (TPSA) is 78.6 Å². The molecule has 0 aromatic carbocycles. The van der Waals surface area contributed by atoms with Gasteiger partial charge >= 0.3 is 0 Å². The zero-order chi connectivity index (χ0) is 16.1. The van der Waals surface area contributed by atoms with Gasteiger partial charge in [-0.15, -0.1) is 10.2 Å². The summed E-state index contributed by atoms with van der Waals surface area (Å²) in [6, 6.07) is 1.99. The molecule has 2 aromatic rings. The molecule has 0 aliphatic carbocycles. The number of hydrogen-bond donors (Lipinski definition) is 2. The third-order valence-corrected chi connectivity index (χ3v) is 4.38. The molecule has 1 fully saturated rings. The molecule has 3 heterocycles. The molecule has 0 radical (unpaired) electrons. The van der Waals surface area contributed by atoms with Crippen LogP contribution in [-0.2, 0) is 6.42 Å². The van der Waals surface area contributed by atoms with Crippen LogP contribution in [0.2, 0.25) is 0 Å². The van der Waals surface area contributed by atoms with Gasteiger partial charge in [-0.05, 0) is 38.4 Å². The summed E-state index contributed by atoms with van der Waals surface area (Å²) in [7, 11) is 0. The van der Waals surface area contributed by atoms with E-state index in [9.17, 15) is 5.11 Å². The van der Waals surface area contributed by atoms with E-state index in [2.05, 4.69) is 32.4 Å². The molecule has 1 atom stereocenters. The first-order chi connectivity index (χ1) is 11.3. The molecule has 1 aliphatic rings. The quantitative estimate of drug-likeness (QED) is 0.837. The highest BCUT2D eigenvalue weighted by Crippen LogP contribution is 2.16. The zero-order valence-corrected chi connectivity index (χ0v) is 13.8. The van der Waals surface area contributed by atoms with Crippen LogP contribution in [0.1, 0.15) is 38.3 Å². The summed E-state index contributed by atoms with van der Waals surface area (Å²) in [6.45, 7) is 5.49. The SMILES string of the molecule is CCc1cc(NCC(O)CN2CCCCCC2)c2nncn2n1. The molecular formula is C16H26N6O. The fraction of sp³-hybridized carbons (Fsp3) is 0.688. The number of nitrogens with zero attached hydrogens (tertiary/aromatic N) is 5. The Hall–Kier alpha value is -1.73. The van der Waals surface area contributed by atoms with Crippen molar-refractivity contribution in [1.29, 1.82) is 0 Å². The number of likely N-dealkylation sites (tertiary alicyclic amines) is 1. The number of nitrogens with one attached hydrogen (secondary N) is 1. The van der Waals surface area contributed by atoms with E-state index in [1.165, 1.54) is 25.7 Å². The van der Waals surface area contributed by atoms with Gasteiger partial charge in [0.05, 0.1) is 17.5 Å². The molecule has 23 heavy (non-hydrogen) atoms. The van der Waals surface area contributed by atoms with Gasteiger partial charge in [0.15, 0.2) is 0 Å². The molecule has 126 valence electrons. The Morgan fingerprint density at radius 3 is 2.78 bits per heavy atom. The average Bonchev–Trinajstić information content (AvgIpc) is 2.89. The number of aliphatic hydroxyl groups is 1. The summed E-state index contributed by atoms with van der Waals surface area (Å²) >= 11 is 0. The molecule has 0 bridgehead atoms. The monoisotopic (exact) mass is 318 g/mol. The van der Waals surface area contributed by atoms with E-state index in [1.807, 2.05) is 6.07 Å². The van der Waals surface area contributed by atoms with Crippen molar-refractivity contribution in [1.82, 2.24) is 24.7 Å². The molecule has 2 aromatic heterocycles. The highest BCUT2D eigenvalue weighted by molar-refractivity contribution is 5.66. The molecule has 0 spiro atoms. The molecule has 7 heteroatoms. The van der Waals surface area contributed by atoms with E-state index in [4.69, 9.17) is 0 Å². The van der Waals surface area contributed by atoms with E-state index < -0.39 is 6.10 Å². The summed E-state index contributed by atoms with van der Waals surface area (Å²) in [5.41, 5.74) is 2.55. The maximum atomic E-state index is 10.3. The van der Waals surface area contributed by atoms with Crippen molar-refractivity contribution >= 4 is 11.3 Å². The second-order valence-electron chi connectivity index (χ2n) is 6.25. The van der Waals surface area contributed by atoms with Crippen molar-refractivity contribution in [2.24, 2.45) is 0 Å². The largest absolute Gasteiger partial charge is 0.390 e. The molecule has 1 unspecified atom stereocenters. The molecule has 1 aliphatic heterocycles. The Bertz CT molecular complexity index is 620. The van der Waals surface area contributed by atoms with Crippen molar-refractivity contribution in [2.75, 3.05) is 31.5 Å². The van der Waals surface area contributed by atoms with Crippen LogP contribution in [0.4, 0.5) is 5.69 Å². The molecule has 2 N–H and O–H groups in total. The van der Waals surface area contributed by atoms with Crippen LogP contribution in [0.5, 0.6) is 0 Å². The van der Waals surface area contributed by atoms with Gasteiger partial charge in [-0.25, -0.2) is 0 Å². The molecule has 7 nitrogen and oxygen atoms in total. The minimum Gasteiger partial charge on any atom is -0.390 e. The number of aryl methyl sites for hydroxylation is 1. The highest BCUT2D eigenvalue weighted by atomic mass is 16.3. The number of aliphatic hydroxyl groups excluding tert-OH is 1.